The lowest BCUT2D eigenvalue weighted by atomic mass is 10.0. The average Bonchev–Trinajstić information content (AvgIpc) is 3.19. The van der Waals surface area contributed by atoms with Crippen LogP contribution in [-0.2, 0) is 4.79 Å². The van der Waals surface area contributed by atoms with Gasteiger partial charge in [0.15, 0.2) is 11.9 Å². The minimum absolute atomic E-state index is 0.0847. The van der Waals surface area contributed by atoms with Crippen molar-refractivity contribution in [2.24, 2.45) is 5.92 Å². The van der Waals surface area contributed by atoms with Crippen LogP contribution in [0.4, 0.5) is 5.69 Å². The van der Waals surface area contributed by atoms with Crippen LogP contribution in [0.1, 0.15) is 30.1 Å². The summed E-state index contributed by atoms with van der Waals surface area (Å²) >= 11 is 0. The second kappa shape index (κ2) is 3.83. The Labute approximate surface area is 106 Å². The molecular formula is C14H15NO3. The number of nitrogens with zero attached hydrogens (tertiary/aromatic N) is 1. The van der Waals surface area contributed by atoms with Gasteiger partial charge in [0, 0.05) is 18.5 Å². The van der Waals surface area contributed by atoms with Crippen molar-refractivity contribution in [3.05, 3.63) is 23.8 Å². The Hall–Kier alpha value is -1.84. The van der Waals surface area contributed by atoms with Crippen LogP contribution in [0.3, 0.4) is 0 Å². The molecule has 94 valence electrons. The molecule has 4 heteroatoms. The Morgan fingerprint density at radius 3 is 2.78 bits per heavy atom. The number of amides is 1. The van der Waals surface area contributed by atoms with Crippen LogP contribution in [0.15, 0.2) is 18.2 Å². The molecule has 0 aromatic heterocycles. The standard InChI is InChI=1S/C14H15NO3/c1-8-14(17)15(2)11-7-10(5-6-12(11)18-8)13(16)9-3-4-9/h5-9H,3-4H2,1-2H3. The Balaban J connectivity index is 1.99. The number of ether oxygens (including phenoxy) is 1. The number of likely N-dealkylation sites (N-methyl/N-ethyl adjacent to an activating group) is 1. The molecule has 0 saturated heterocycles. The SMILES string of the molecule is CC1Oc2ccc(C(=O)C3CC3)cc2N(C)C1=O. The average molecular weight is 245 g/mol. The van der Waals surface area contributed by atoms with Gasteiger partial charge in [0.1, 0.15) is 5.75 Å². The lowest BCUT2D eigenvalue weighted by Gasteiger charge is -2.30. The van der Waals surface area contributed by atoms with Crippen LogP contribution in [0.2, 0.25) is 0 Å². The van der Waals surface area contributed by atoms with Crippen LogP contribution in [0.5, 0.6) is 5.75 Å². The number of anilines is 1. The Morgan fingerprint density at radius 2 is 2.11 bits per heavy atom. The number of carbonyl (C=O) groups excluding carboxylic acids is 2. The van der Waals surface area contributed by atoms with E-state index in [-0.39, 0.29) is 17.6 Å². The van der Waals surface area contributed by atoms with E-state index >= 15 is 0 Å². The third-order valence-electron chi connectivity index (χ3n) is 3.54. The smallest absolute Gasteiger partial charge is 0.267 e. The van der Waals surface area contributed by atoms with Crippen molar-refractivity contribution in [1.82, 2.24) is 0 Å². The summed E-state index contributed by atoms with van der Waals surface area (Å²) in [5.41, 5.74) is 1.36. The van der Waals surface area contributed by atoms with Gasteiger partial charge in [-0.25, -0.2) is 0 Å². The Kier molecular flexibility index (Phi) is 2.40. The molecule has 1 unspecified atom stereocenters. The lowest BCUT2D eigenvalue weighted by Crippen LogP contribution is -2.42. The maximum Gasteiger partial charge on any atom is 0.267 e. The molecule has 1 aliphatic heterocycles. The Morgan fingerprint density at radius 1 is 1.39 bits per heavy atom. The summed E-state index contributed by atoms with van der Waals surface area (Å²) in [5.74, 6) is 0.945. The highest BCUT2D eigenvalue weighted by Crippen LogP contribution is 2.37. The van der Waals surface area contributed by atoms with Crippen molar-refractivity contribution in [2.45, 2.75) is 25.9 Å². The minimum atomic E-state index is -0.465. The van der Waals surface area contributed by atoms with Crippen molar-refractivity contribution in [2.75, 3.05) is 11.9 Å². The number of hydrogen-bond acceptors (Lipinski definition) is 3. The topological polar surface area (TPSA) is 46.6 Å². The number of Topliss-reactive ketones (excluding diaryl/α,β-unsaturated/α-hetero) is 1. The van der Waals surface area contributed by atoms with Crippen LogP contribution in [-0.4, -0.2) is 24.8 Å². The lowest BCUT2D eigenvalue weighted by molar-refractivity contribution is -0.125. The summed E-state index contributed by atoms with van der Waals surface area (Å²) in [6.07, 6.45) is 1.50. The van der Waals surface area contributed by atoms with E-state index in [1.165, 1.54) is 0 Å². The predicted molar refractivity (Wildman–Crippen MR) is 67.0 cm³/mol. The van der Waals surface area contributed by atoms with Gasteiger partial charge in [0.2, 0.25) is 0 Å². The van der Waals surface area contributed by atoms with E-state index in [2.05, 4.69) is 0 Å². The van der Waals surface area contributed by atoms with E-state index < -0.39 is 6.10 Å². The van der Waals surface area contributed by atoms with Crippen molar-refractivity contribution in [1.29, 1.82) is 0 Å². The van der Waals surface area contributed by atoms with Crippen LogP contribution in [0.25, 0.3) is 0 Å². The van der Waals surface area contributed by atoms with Gasteiger partial charge in [0.05, 0.1) is 5.69 Å². The van der Waals surface area contributed by atoms with Gasteiger partial charge in [-0.1, -0.05) is 0 Å². The van der Waals surface area contributed by atoms with Gasteiger partial charge in [-0.2, -0.15) is 0 Å². The fourth-order valence-corrected chi connectivity index (χ4v) is 2.25. The molecule has 3 rings (SSSR count). The number of rotatable bonds is 2. The predicted octanol–water partition coefficient (Wildman–Crippen LogP) is 2.02. The zero-order valence-electron chi connectivity index (χ0n) is 10.5. The highest BCUT2D eigenvalue weighted by Gasteiger charge is 2.33. The molecule has 1 heterocycles. The minimum Gasteiger partial charge on any atom is -0.479 e. The Bertz CT molecular complexity index is 534. The number of hydrogen-bond donors (Lipinski definition) is 0. The fraction of sp³-hybridized carbons (Fsp3) is 0.429. The zero-order chi connectivity index (χ0) is 12.9. The zero-order valence-corrected chi connectivity index (χ0v) is 10.5. The normalized spacial score (nSPS) is 22.4. The molecular weight excluding hydrogens is 230 g/mol. The maximum atomic E-state index is 12.0. The summed E-state index contributed by atoms with van der Waals surface area (Å²) in [6.45, 7) is 1.73. The quantitative estimate of drug-likeness (QED) is 0.749. The highest BCUT2D eigenvalue weighted by atomic mass is 16.5. The third kappa shape index (κ3) is 1.68. The number of carbonyl (C=O) groups is 2. The number of ketones is 1. The first-order valence-electron chi connectivity index (χ1n) is 6.20. The molecule has 1 amide bonds. The van der Waals surface area contributed by atoms with E-state index in [1.807, 2.05) is 0 Å². The van der Waals surface area contributed by atoms with Crippen molar-refractivity contribution < 1.29 is 14.3 Å². The van der Waals surface area contributed by atoms with Crippen LogP contribution in [0, 0.1) is 5.92 Å². The van der Waals surface area contributed by atoms with Gasteiger partial charge in [0.25, 0.3) is 5.91 Å². The molecule has 1 aromatic rings. The second-order valence-corrected chi connectivity index (χ2v) is 4.98. The molecule has 2 aliphatic rings. The first-order valence-corrected chi connectivity index (χ1v) is 6.20. The molecule has 1 fully saturated rings. The molecule has 0 spiro atoms. The van der Waals surface area contributed by atoms with Crippen molar-refractivity contribution in [3.63, 3.8) is 0 Å². The van der Waals surface area contributed by atoms with E-state index in [1.54, 1.807) is 37.1 Å². The molecule has 4 nitrogen and oxygen atoms in total. The summed E-state index contributed by atoms with van der Waals surface area (Å²) in [5, 5.41) is 0. The van der Waals surface area contributed by atoms with Gasteiger partial charge >= 0.3 is 0 Å². The van der Waals surface area contributed by atoms with E-state index in [0.717, 1.165) is 12.8 Å². The van der Waals surface area contributed by atoms with Gasteiger partial charge in [-0.15, -0.1) is 0 Å². The third-order valence-corrected chi connectivity index (χ3v) is 3.54. The molecule has 1 aromatic carbocycles. The molecule has 1 atom stereocenters. The molecule has 1 aliphatic carbocycles. The first-order chi connectivity index (χ1) is 8.58. The van der Waals surface area contributed by atoms with Gasteiger partial charge < -0.3 is 9.64 Å². The highest BCUT2D eigenvalue weighted by molar-refractivity contribution is 6.03. The number of fused-ring (bicyclic) bond motifs is 1. The van der Waals surface area contributed by atoms with Gasteiger partial charge in [-0.05, 0) is 38.0 Å². The van der Waals surface area contributed by atoms with Crippen LogP contribution >= 0.6 is 0 Å². The fourth-order valence-electron chi connectivity index (χ4n) is 2.25. The molecule has 0 bridgehead atoms. The van der Waals surface area contributed by atoms with Crippen molar-refractivity contribution in [3.8, 4) is 5.75 Å². The van der Waals surface area contributed by atoms with E-state index in [4.69, 9.17) is 4.74 Å². The van der Waals surface area contributed by atoms with E-state index in [9.17, 15) is 9.59 Å². The maximum absolute atomic E-state index is 12.0. The summed E-state index contributed by atoms with van der Waals surface area (Å²) in [7, 11) is 1.71. The van der Waals surface area contributed by atoms with Gasteiger partial charge in [-0.3, -0.25) is 9.59 Å². The molecule has 1 saturated carbocycles. The number of benzene rings is 1. The molecule has 18 heavy (non-hydrogen) atoms. The molecule has 0 N–H and O–H groups in total. The van der Waals surface area contributed by atoms with Crippen molar-refractivity contribution >= 4 is 17.4 Å². The van der Waals surface area contributed by atoms with E-state index in [0.29, 0.717) is 17.0 Å². The first kappa shape index (κ1) is 11.3. The summed E-state index contributed by atoms with van der Waals surface area (Å²) < 4.78 is 5.52. The second-order valence-electron chi connectivity index (χ2n) is 4.98. The molecule has 0 radical (unpaired) electrons. The summed E-state index contributed by atoms with van der Waals surface area (Å²) in [6, 6.07) is 5.33. The monoisotopic (exact) mass is 245 g/mol. The van der Waals surface area contributed by atoms with Crippen LogP contribution < -0.4 is 9.64 Å². The summed E-state index contributed by atoms with van der Waals surface area (Å²) in [4.78, 5) is 25.4. The largest absolute Gasteiger partial charge is 0.479 e.